The van der Waals surface area contributed by atoms with Crippen LogP contribution in [0.5, 0.6) is 17.2 Å². The molecule has 3 aromatic rings. The first-order valence-corrected chi connectivity index (χ1v) is 12.0. The number of amides is 1. The summed E-state index contributed by atoms with van der Waals surface area (Å²) in [6, 6.07) is 9.74. The molecule has 0 aliphatic rings. The molecule has 0 spiro atoms. The predicted molar refractivity (Wildman–Crippen MR) is 121 cm³/mol. The van der Waals surface area contributed by atoms with Crippen molar-refractivity contribution in [1.82, 2.24) is 10.2 Å². The summed E-state index contributed by atoms with van der Waals surface area (Å²) in [5.74, 6) is 0.511. The number of hydrogen-bond donors (Lipinski definition) is 1. The van der Waals surface area contributed by atoms with E-state index >= 15 is 0 Å². The number of aromatic nitrogens is 2. The van der Waals surface area contributed by atoms with Crippen LogP contribution in [0, 0.1) is 6.92 Å². The molecule has 170 valence electrons. The van der Waals surface area contributed by atoms with Gasteiger partial charge in [-0.2, -0.15) is 0 Å². The molecule has 3 rings (SSSR count). The highest BCUT2D eigenvalue weighted by molar-refractivity contribution is 7.91. The molecule has 0 aliphatic heterocycles. The lowest BCUT2D eigenvalue weighted by Gasteiger charge is -2.13. The van der Waals surface area contributed by atoms with Gasteiger partial charge in [0.1, 0.15) is 5.01 Å². The van der Waals surface area contributed by atoms with Crippen molar-refractivity contribution in [3.05, 3.63) is 52.5 Å². The Hall–Kier alpha value is -3.18. The first-order chi connectivity index (χ1) is 15.3. The van der Waals surface area contributed by atoms with Crippen molar-refractivity contribution in [2.75, 3.05) is 32.4 Å². The number of benzene rings is 2. The molecule has 1 heterocycles. The lowest BCUT2D eigenvalue weighted by Crippen LogP contribution is -2.12. The van der Waals surface area contributed by atoms with E-state index in [4.69, 9.17) is 14.2 Å². The van der Waals surface area contributed by atoms with Crippen molar-refractivity contribution < 1.29 is 27.4 Å². The van der Waals surface area contributed by atoms with E-state index in [1.165, 1.54) is 33.5 Å². The van der Waals surface area contributed by atoms with Crippen LogP contribution >= 0.6 is 11.3 Å². The van der Waals surface area contributed by atoms with E-state index in [0.29, 0.717) is 22.3 Å². The number of rotatable bonds is 9. The van der Waals surface area contributed by atoms with E-state index in [0.717, 1.165) is 16.9 Å². The quantitative estimate of drug-likeness (QED) is 0.500. The number of aryl methyl sites for hydroxylation is 2. The molecule has 11 heteroatoms. The molecular formula is C21H23N3O6S2. The van der Waals surface area contributed by atoms with Crippen LogP contribution in [0.1, 0.15) is 20.9 Å². The van der Waals surface area contributed by atoms with Gasteiger partial charge in [-0.25, -0.2) is 8.42 Å². The zero-order valence-corrected chi connectivity index (χ0v) is 19.7. The van der Waals surface area contributed by atoms with Gasteiger partial charge in [0.2, 0.25) is 10.9 Å². The third-order valence-electron chi connectivity index (χ3n) is 4.58. The highest BCUT2D eigenvalue weighted by Crippen LogP contribution is 2.38. The van der Waals surface area contributed by atoms with E-state index in [9.17, 15) is 13.2 Å². The molecule has 0 saturated carbocycles. The largest absolute Gasteiger partial charge is 0.493 e. The minimum absolute atomic E-state index is 0.106. The molecule has 2 aromatic carbocycles. The fraction of sp³-hybridized carbons (Fsp3) is 0.286. The number of anilines is 1. The van der Waals surface area contributed by atoms with Crippen LogP contribution in [0.4, 0.5) is 5.13 Å². The Morgan fingerprint density at radius 3 is 2.19 bits per heavy atom. The van der Waals surface area contributed by atoms with Gasteiger partial charge in [-0.3, -0.25) is 10.1 Å². The molecule has 9 nitrogen and oxygen atoms in total. The molecule has 0 radical (unpaired) electrons. The maximum Gasteiger partial charge on any atom is 0.257 e. The van der Waals surface area contributed by atoms with Gasteiger partial charge in [0, 0.05) is 12.0 Å². The molecule has 0 saturated heterocycles. The topological polar surface area (TPSA) is 117 Å². The summed E-state index contributed by atoms with van der Waals surface area (Å²) in [6.07, 6.45) is 0.188. The second-order valence-corrected chi connectivity index (χ2v) is 9.92. The smallest absolute Gasteiger partial charge is 0.257 e. The zero-order chi connectivity index (χ0) is 23.3. The van der Waals surface area contributed by atoms with Crippen molar-refractivity contribution in [3.63, 3.8) is 0 Å². The van der Waals surface area contributed by atoms with Crippen LogP contribution in [0.2, 0.25) is 0 Å². The highest BCUT2D eigenvalue weighted by atomic mass is 32.2. The van der Waals surface area contributed by atoms with Gasteiger partial charge >= 0.3 is 0 Å². The molecule has 1 N–H and O–H groups in total. The highest BCUT2D eigenvalue weighted by Gasteiger charge is 2.19. The number of nitrogens with one attached hydrogen (secondary N) is 1. The van der Waals surface area contributed by atoms with Crippen LogP contribution in [-0.2, 0) is 16.3 Å². The van der Waals surface area contributed by atoms with E-state index in [1.807, 2.05) is 6.92 Å². The first kappa shape index (κ1) is 23.5. The average molecular weight is 478 g/mol. The Labute approximate surface area is 190 Å². The molecule has 1 aromatic heterocycles. The van der Waals surface area contributed by atoms with Crippen LogP contribution in [0.15, 0.2) is 41.3 Å². The number of hydrogen-bond acceptors (Lipinski definition) is 9. The Bertz CT molecular complexity index is 1180. The molecule has 0 fully saturated rings. The SMILES string of the molecule is COc1cc(C(=O)Nc2nnc(CCS(=O)(=O)c3ccc(C)cc3)s2)cc(OC)c1OC. The zero-order valence-electron chi connectivity index (χ0n) is 18.0. The minimum Gasteiger partial charge on any atom is -0.493 e. The Morgan fingerprint density at radius 1 is 1.00 bits per heavy atom. The van der Waals surface area contributed by atoms with Gasteiger partial charge in [0.05, 0.1) is 32.0 Å². The van der Waals surface area contributed by atoms with Gasteiger partial charge in [0.15, 0.2) is 21.3 Å². The number of methoxy groups -OCH3 is 3. The second-order valence-electron chi connectivity index (χ2n) is 6.75. The predicted octanol–water partition coefficient (Wildman–Crippen LogP) is 3.14. The third kappa shape index (κ3) is 5.35. The van der Waals surface area contributed by atoms with Crippen molar-refractivity contribution >= 4 is 32.2 Å². The molecule has 0 bridgehead atoms. The number of carbonyl (C=O) groups excluding carboxylic acids is 1. The van der Waals surface area contributed by atoms with E-state index in [2.05, 4.69) is 15.5 Å². The van der Waals surface area contributed by atoms with Crippen molar-refractivity contribution in [1.29, 1.82) is 0 Å². The fourth-order valence-corrected chi connectivity index (χ4v) is 4.98. The summed E-state index contributed by atoms with van der Waals surface area (Å²) in [6.45, 7) is 1.89. The average Bonchev–Trinajstić information content (AvgIpc) is 3.24. The van der Waals surface area contributed by atoms with Gasteiger partial charge in [-0.15, -0.1) is 10.2 Å². The summed E-state index contributed by atoms with van der Waals surface area (Å²) >= 11 is 1.12. The van der Waals surface area contributed by atoms with Crippen LogP contribution in [-0.4, -0.2) is 51.6 Å². The van der Waals surface area contributed by atoms with Gasteiger partial charge in [-0.1, -0.05) is 29.0 Å². The fourth-order valence-electron chi connectivity index (χ4n) is 2.87. The van der Waals surface area contributed by atoms with E-state index in [-0.39, 0.29) is 27.8 Å². The number of nitrogens with zero attached hydrogens (tertiary/aromatic N) is 2. The minimum atomic E-state index is -3.44. The number of ether oxygens (including phenoxy) is 3. The van der Waals surface area contributed by atoms with Crippen molar-refractivity contribution in [3.8, 4) is 17.2 Å². The maximum atomic E-state index is 12.7. The summed E-state index contributed by atoms with van der Waals surface area (Å²) in [5.41, 5.74) is 1.26. The Kier molecular flexibility index (Phi) is 7.31. The third-order valence-corrected chi connectivity index (χ3v) is 7.21. The Morgan fingerprint density at radius 2 is 1.62 bits per heavy atom. The van der Waals surface area contributed by atoms with E-state index < -0.39 is 15.7 Å². The monoisotopic (exact) mass is 477 g/mol. The molecule has 0 aliphatic carbocycles. The lowest BCUT2D eigenvalue weighted by molar-refractivity contribution is 0.102. The maximum absolute atomic E-state index is 12.7. The van der Waals surface area contributed by atoms with Crippen molar-refractivity contribution in [2.45, 2.75) is 18.2 Å². The summed E-state index contributed by atoms with van der Waals surface area (Å²) in [7, 11) is 0.950. The second kappa shape index (κ2) is 9.96. The summed E-state index contributed by atoms with van der Waals surface area (Å²) < 4.78 is 40.8. The molecule has 0 unspecified atom stereocenters. The van der Waals surface area contributed by atoms with Gasteiger partial charge in [0.25, 0.3) is 5.91 Å². The lowest BCUT2D eigenvalue weighted by atomic mass is 10.1. The Balaban J connectivity index is 1.68. The first-order valence-electron chi connectivity index (χ1n) is 9.50. The van der Waals surface area contributed by atoms with Crippen LogP contribution in [0.3, 0.4) is 0 Å². The van der Waals surface area contributed by atoms with Crippen LogP contribution < -0.4 is 19.5 Å². The van der Waals surface area contributed by atoms with Gasteiger partial charge < -0.3 is 14.2 Å². The molecule has 32 heavy (non-hydrogen) atoms. The van der Waals surface area contributed by atoms with Crippen molar-refractivity contribution in [2.24, 2.45) is 0 Å². The number of carbonyl (C=O) groups is 1. The van der Waals surface area contributed by atoms with Crippen LogP contribution in [0.25, 0.3) is 0 Å². The van der Waals surface area contributed by atoms with Gasteiger partial charge in [-0.05, 0) is 31.2 Å². The molecule has 0 atom stereocenters. The standard InChI is InChI=1S/C21H23N3O6S2/c1-13-5-7-15(8-6-13)32(26,27)10-9-18-23-24-21(31-18)22-20(25)14-11-16(28-2)19(30-4)17(12-14)29-3/h5-8,11-12H,9-10H2,1-4H3,(H,22,24,25). The van der Waals surface area contributed by atoms with E-state index in [1.54, 1.807) is 24.3 Å². The normalized spacial score (nSPS) is 11.1. The summed E-state index contributed by atoms with van der Waals surface area (Å²) in [5, 5.41) is 11.3. The summed E-state index contributed by atoms with van der Waals surface area (Å²) in [4.78, 5) is 12.9. The molecule has 1 amide bonds. The number of sulfone groups is 1. The molecular weight excluding hydrogens is 454 g/mol.